The van der Waals surface area contributed by atoms with Gasteiger partial charge in [-0.25, -0.2) is 0 Å². The van der Waals surface area contributed by atoms with Gasteiger partial charge in [-0.1, -0.05) is 0 Å². The Bertz CT molecular complexity index is 338. The number of hydrogen-bond donors (Lipinski definition) is 0. The van der Waals surface area contributed by atoms with Crippen LogP contribution in [0.1, 0.15) is 20.8 Å². The van der Waals surface area contributed by atoms with Crippen LogP contribution in [0.25, 0.3) is 0 Å². The summed E-state index contributed by atoms with van der Waals surface area (Å²) in [6.45, 7) is 2.99. The molecule has 0 aliphatic carbocycles. The number of rotatable bonds is 8. The van der Waals surface area contributed by atoms with Crippen molar-refractivity contribution in [1.82, 2.24) is 0 Å². The van der Waals surface area contributed by atoms with Gasteiger partial charge in [0.15, 0.2) is 12.2 Å². The third-order valence-electron chi connectivity index (χ3n) is 1.83. The predicted octanol–water partition coefficient (Wildman–Crippen LogP) is -0.414. The Labute approximate surface area is 109 Å². The molecule has 0 aliphatic rings. The van der Waals surface area contributed by atoms with Crippen molar-refractivity contribution < 1.29 is 38.1 Å². The SMILES string of the molecule is CC(=O)OCC(OC(C)=O)C(COC=O)OC(C)=O. The molecule has 0 N–H and O–H groups in total. The third-order valence-corrected chi connectivity index (χ3v) is 1.83. The average Bonchev–Trinajstić information content (AvgIpc) is 2.28. The second-order valence-corrected chi connectivity index (χ2v) is 3.53. The van der Waals surface area contributed by atoms with Crippen LogP contribution in [0.3, 0.4) is 0 Å². The first-order chi connectivity index (χ1) is 8.86. The summed E-state index contributed by atoms with van der Waals surface area (Å²) in [6.07, 6.45) is -2.10. The molecular weight excluding hydrogens is 260 g/mol. The molecule has 19 heavy (non-hydrogen) atoms. The molecule has 0 fully saturated rings. The maximum Gasteiger partial charge on any atom is 0.303 e. The summed E-state index contributed by atoms with van der Waals surface area (Å²) < 4.78 is 18.9. The lowest BCUT2D eigenvalue weighted by Crippen LogP contribution is -2.41. The zero-order valence-electron chi connectivity index (χ0n) is 10.9. The van der Waals surface area contributed by atoms with E-state index in [1.807, 2.05) is 0 Å². The van der Waals surface area contributed by atoms with E-state index < -0.39 is 30.1 Å². The Morgan fingerprint density at radius 2 is 1.37 bits per heavy atom. The lowest BCUT2D eigenvalue weighted by Gasteiger charge is -2.24. The maximum atomic E-state index is 10.9. The molecule has 0 radical (unpaired) electrons. The fourth-order valence-electron chi connectivity index (χ4n) is 1.19. The highest BCUT2D eigenvalue weighted by molar-refractivity contribution is 5.68. The lowest BCUT2D eigenvalue weighted by atomic mass is 10.2. The van der Waals surface area contributed by atoms with Crippen molar-refractivity contribution in [3.05, 3.63) is 0 Å². The van der Waals surface area contributed by atoms with Crippen LogP contribution in [-0.2, 0) is 38.1 Å². The molecule has 0 rings (SSSR count). The quantitative estimate of drug-likeness (QED) is 0.334. The van der Waals surface area contributed by atoms with Gasteiger partial charge in [-0.05, 0) is 0 Å². The average molecular weight is 276 g/mol. The molecule has 0 saturated carbocycles. The van der Waals surface area contributed by atoms with Gasteiger partial charge < -0.3 is 18.9 Å². The first-order valence-corrected chi connectivity index (χ1v) is 5.39. The van der Waals surface area contributed by atoms with Crippen LogP contribution >= 0.6 is 0 Å². The summed E-state index contributed by atoms with van der Waals surface area (Å²) in [4.78, 5) is 42.8. The number of hydrogen-bond acceptors (Lipinski definition) is 8. The molecule has 0 spiro atoms. The van der Waals surface area contributed by atoms with E-state index in [0.717, 1.165) is 13.8 Å². The fraction of sp³-hybridized carbons (Fsp3) is 0.636. The van der Waals surface area contributed by atoms with E-state index in [4.69, 9.17) is 14.2 Å². The predicted molar refractivity (Wildman–Crippen MR) is 59.8 cm³/mol. The lowest BCUT2D eigenvalue weighted by molar-refractivity contribution is -0.178. The monoisotopic (exact) mass is 276 g/mol. The molecule has 0 heterocycles. The van der Waals surface area contributed by atoms with Gasteiger partial charge in [0.25, 0.3) is 6.47 Å². The van der Waals surface area contributed by atoms with Gasteiger partial charge in [-0.3, -0.25) is 19.2 Å². The summed E-state index contributed by atoms with van der Waals surface area (Å²) >= 11 is 0. The smallest absolute Gasteiger partial charge is 0.303 e. The van der Waals surface area contributed by atoms with Gasteiger partial charge in [0, 0.05) is 20.8 Å². The van der Waals surface area contributed by atoms with Crippen molar-refractivity contribution in [3.8, 4) is 0 Å². The Kier molecular flexibility index (Phi) is 7.90. The van der Waals surface area contributed by atoms with E-state index in [1.54, 1.807) is 0 Å². The van der Waals surface area contributed by atoms with Gasteiger partial charge in [-0.2, -0.15) is 0 Å². The first-order valence-electron chi connectivity index (χ1n) is 5.39. The minimum Gasteiger partial charge on any atom is -0.464 e. The standard InChI is InChI=1S/C11H16O8/c1-7(13)17-5-11(19-9(3)15)10(4-16-6-12)18-8(2)14/h6,10-11H,4-5H2,1-3H3. The highest BCUT2D eigenvalue weighted by atomic mass is 16.6. The zero-order chi connectivity index (χ0) is 14.8. The molecule has 0 saturated heterocycles. The second-order valence-electron chi connectivity index (χ2n) is 3.53. The molecule has 0 aromatic rings. The highest BCUT2D eigenvalue weighted by Gasteiger charge is 2.29. The molecule has 0 aromatic heterocycles. The maximum absolute atomic E-state index is 10.9. The normalized spacial score (nSPS) is 12.8. The van der Waals surface area contributed by atoms with E-state index in [0.29, 0.717) is 0 Å². The Hall–Kier alpha value is -2.12. The van der Waals surface area contributed by atoms with Gasteiger partial charge >= 0.3 is 17.9 Å². The Morgan fingerprint density at radius 1 is 0.895 bits per heavy atom. The van der Waals surface area contributed by atoms with Crippen molar-refractivity contribution in [2.45, 2.75) is 33.0 Å². The van der Waals surface area contributed by atoms with Crippen LogP contribution in [0.4, 0.5) is 0 Å². The summed E-state index contributed by atoms with van der Waals surface area (Å²) in [5, 5.41) is 0. The van der Waals surface area contributed by atoms with Crippen LogP contribution < -0.4 is 0 Å². The second kappa shape index (κ2) is 8.90. The summed E-state index contributed by atoms with van der Waals surface area (Å²) in [5.41, 5.74) is 0. The van der Waals surface area contributed by atoms with E-state index >= 15 is 0 Å². The number of carbonyl (C=O) groups is 4. The highest BCUT2D eigenvalue weighted by Crippen LogP contribution is 2.08. The number of esters is 3. The molecule has 108 valence electrons. The van der Waals surface area contributed by atoms with Gasteiger partial charge in [0.1, 0.15) is 13.2 Å². The first kappa shape index (κ1) is 16.9. The third kappa shape index (κ3) is 8.58. The van der Waals surface area contributed by atoms with Gasteiger partial charge in [0.2, 0.25) is 0 Å². The van der Waals surface area contributed by atoms with E-state index in [-0.39, 0.29) is 19.7 Å². The molecule has 8 nitrogen and oxygen atoms in total. The largest absolute Gasteiger partial charge is 0.464 e. The molecule has 0 bridgehead atoms. The van der Waals surface area contributed by atoms with Crippen LogP contribution in [0.15, 0.2) is 0 Å². The fourth-order valence-corrected chi connectivity index (χ4v) is 1.19. The summed E-state index contributed by atoms with van der Waals surface area (Å²) in [5.74, 6) is -1.89. The minimum absolute atomic E-state index is 0.160. The van der Waals surface area contributed by atoms with Crippen molar-refractivity contribution in [1.29, 1.82) is 0 Å². The Morgan fingerprint density at radius 3 is 1.74 bits per heavy atom. The van der Waals surface area contributed by atoms with Crippen LogP contribution in [0.2, 0.25) is 0 Å². The number of ether oxygens (including phenoxy) is 4. The van der Waals surface area contributed by atoms with Crippen molar-refractivity contribution in [2.75, 3.05) is 13.2 Å². The van der Waals surface area contributed by atoms with Crippen molar-refractivity contribution in [3.63, 3.8) is 0 Å². The van der Waals surface area contributed by atoms with Crippen molar-refractivity contribution >= 4 is 24.4 Å². The summed E-state index contributed by atoms with van der Waals surface area (Å²) in [7, 11) is 0. The Balaban J connectivity index is 4.75. The summed E-state index contributed by atoms with van der Waals surface area (Å²) in [6, 6.07) is 0. The molecule has 0 aliphatic heterocycles. The van der Waals surface area contributed by atoms with E-state index in [9.17, 15) is 19.2 Å². The van der Waals surface area contributed by atoms with Crippen LogP contribution in [-0.4, -0.2) is 49.8 Å². The molecule has 0 amide bonds. The molecule has 2 unspecified atom stereocenters. The van der Waals surface area contributed by atoms with Gasteiger partial charge in [0.05, 0.1) is 0 Å². The van der Waals surface area contributed by atoms with Crippen molar-refractivity contribution in [2.24, 2.45) is 0 Å². The van der Waals surface area contributed by atoms with Crippen LogP contribution in [0.5, 0.6) is 0 Å². The molecule has 2 atom stereocenters. The van der Waals surface area contributed by atoms with Crippen LogP contribution in [0, 0.1) is 0 Å². The van der Waals surface area contributed by atoms with Gasteiger partial charge in [-0.15, -0.1) is 0 Å². The topological polar surface area (TPSA) is 105 Å². The van der Waals surface area contributed by atoms with E-state index in [1.165, 1.54) is 6.92 Å². The number of carbonyl (C=O) groups excluding carboxylic acids is 4. The molecule has 0 aromatic carbocycles. The zero-order valence-corrected chi connectivity index (χ0v) is 10.9. The minimum atomic E-state index is -1.05. The molecular formula is C11H16O8. The molecule has 8 heteroatoms. The van der Waals surface area contributed by atoms with E-state index in [2.05, 4.69) is 4.74 Å².